The van der Waals surface area contributed by atoms with Crippen LogP contribution in [0.1, 0.15) is 11.3 Å². The molecule has 120 valence electrons. The lowest BCUT2D eigenvalue weighted by atomic mass is 10.2. The number of hydrogen-bond donors (Lipinski definition) is 1. The van der Waals surface area contributed by atoms with Gasteiger partial charge in [0.2, 0.25) is 5.95 Å². The molecule has 0 unspecified atom stereocenters. The lowest BCUT2D eigenvalue weighted by molar-refractivity contribution is 0.622. The minimum atomic E-state index is -0.217. The van der Waals surface area contributed by atoms with Crippen LogP contribution < -0.4 is 15.4 Å². The summed E-state index contributed by atoms with van der Waals surface area (Å²) in [6, 6.07) is 6.58. The topological polar surface area (TPSA) is 52.2 Å². The first kappa shape index (κ1) is 14.6. The number of fused-ring (bicyclic) bond motifs is 1. The average molecular weight is 332 g/mol. The van der Waals surface area contributed by atoms with Crippen LogP contribution in [0.5, 0.6) is 0 Å². The Bertz CT molecular complexity index is 769. The quantitative estimate of drug-likeness (QED) is 0.911. The van der Waals surface area contributed by atoms with E-state index >= 15 is 0 Å². The molecule has 0 atom stereocenters. The summed E-state index contributed by atoms with van der Waals surface area (Å²) in [5.74, 6) is 2.04. The molecule has 2 aromatic rings. The Labute approximate surface area is 137 Å². The van der Waals surface area contributed by atoms with Gasteiger partial charge in [0.1, 0.15) is 5.82 Å². The normalized spacial score (nSPS) is 17.4. The van der Waals surface area contributed by atoms with Crippen LogP contribution in [0.15, 0.2) is 29.1 Å². The second kappa shape index (κ2) is 5.88. The van der Waals surface area contributed by atoms with E-state index in [1.807, 2.05) is 0 Å². The molecule has 0 amide bonds. The molecule has 0 bridgehead atoms. The molecular weight excluding hydrogens is 315 g/mol. The fourth-order valence-corrected chi connectivity index (χ4v) is 4.06. The minimum Gasteiger partial charge on any atom is -0.368 e. The molecule has 7 heteroatoms. The molecule has 1 aromatic carbocycles. The first-order valence-electron chi connectivity index (χ1n) is 7.66. The number of halogens is 1. The van der Waals surface area contributed by atoms with Crippen molar-refractivity contribution < 1.29 is 4.39 Å². The standard InChI is InChI=1S/C16H17FN4OS/c17-11-1-3-12(4-2-11)20-5-7-21(8-6-20)16-18-14-10-23-9-13(14)15(22)19-16/h1-4H,5-10H2,(H,18,19,22). The van der Waals surface area contributed by atoms with E-state index in [4.69, 9.17) is 0 Å². The lowest BCUT2D eigenvalue weighted by Gasteiger charge is -2.36. The number of benzene rings is 1. The van der Waals surface area contributed by atoms with Gasteiger partial charge < -0.3 is 9.80 Å². The highest BCUT2D eigenvalue weighted by atomic mass is 32.2. The van der Waals surface area contributed by atoms with Crippen molar-refractivity contribution in [3.8, 4) is 0 Å². The van der Waals surface area contributed by atoms with Crippen molar-refractivity contribution in [2.45, 2.75) is 11.5 Å². The highest BCUT2D eigenvalue weighted by Crippen LogP contribution is 2.27. The first-order chi connectivity index (χ1) is 11.2. The Morgan fingerprint density at radius 2 is 1.74 bits per heavy atom. The Morgan fingerprint density at radius 3 is 2.48 bits per heavy atom. The van der Waals surface area contributed by atoms with Crippen molar-refractivity contribution in [3.05, 3.63) is 51.7 Å². The van der Waals surface area contributed by atoms with Crippen molar-refractivity contribution in [2.75, 3.05) is 36.0 Å². The summed E-state index contributed by atoms with van der Waals surface area (Å²) in [5, 5.41) is 0. The Balaban J connectivity index is 1.48. The van der Waals surface area contributed by atoms with E-state index < -0.39 is 0 Å². The maximum Gasteiger partial charge on any atom is 0.256 e. The summed E-state index contributed by atoms with van der Waals surface area (Å²) < 4.78 is 13.0. The highest BCUT2D eigenvalue weighted by Gasteiger charge is 2.23. The number of H-pyrrole nitrogens is 1. The van der Waals surface area contributed by atoms with E-state index in [-0.39, 0.29) is 11.4 Å². The van der Waals surface area contributed by atoms with Crippen LogP contribution in [0, 0.1) is 5.82 Å². The third-order valence-electron chi connectivity index (χ3n) is 4.34. The first-order valence-corrected chi connectivity index (χ1v) is 8.81. The fraction of sp³-hybridized carbons (Fsp3) is 0.375. The van der Waals surface area contributed by atoms with Gasteiger partial charge in [-0.1, -0.05) is 0 Å². The zero-order valence-electron chi connectivity index (χ0n) is 12.6. The van der Waals surface area contributed by atoms with Crippen LogP contribution in [0.25, 0.3) is 0 Å². The maximum absolute atomic E-state index is 13.0. The molecule has 2 aliphatic heterocycles. The summed E-state index contributed by atoms with van der Waals surface area (Å²) in [6.07, 6.45) is 0. The van der Waals surface area contributed by atoms with Gasteiger partial charge in [0.15, 0.2) is 0 Å². The number of anilines is 2. The van der Waals surface area contributed by atoms with Gasteiger partial charge in [-0.2, -0.15) is 11.8 Å². The van der Waals surface area contributed by atoms with Crippen molar-refractivity contribution in [2.24, 2.45) is 0 Å². The van der Waals surface area contributed by atoms with Crippen molar-refractivity contribution in [1.82, 2.24) is 9.97 Å². The molecule has 3 heterocycles. The van der Waals surface area contributed by atoms with Crippen molar-refractivity contribution >= 4 is 23.4 Å². The third kappa shape index (κ3) is 2.81. The summed E-state index contributed by atoms with van der Waals surface area (Å²) in [5.41, 5.74) is 2.77. The second-order valence-corrected chi connectivity index (χ2v) is 6.74. The van der Waals surface area contributed by atoms with Gasteiger partial charge in [0, 0.05) is 48.9 Å². The molecule has 0 aliphatic carbocycles. The van der Waals surface area contributed by atoms with Gasteiger partial charge >= 0.3 is 0 Å². The van der Waals surface area contributed by atoms with Gasteiger partial charge in [-0.05, 0) is 24.3 Å². The van der Waals surface area contributed by atoms with E-state index in [0.717, 1.165) is 54.6 Å². The summed E-state index contributed by atoms with van der Waals surface area (Å²) in [4.78, 5) is 24.0. The van der Waals surface area contributed by atoms with Crippen LogP contribution in [-0.4, -0.2) is 36.1 Å². The van der Waals surface area contributed by atoms with Crippen LogP contribution >= 0.6 is 11.8 Å². The molecule has 4 rings (SSSR count). The maximum atomic E-state index is 13.0. The monoisotopic (exact) mass is 332 g/mol. The zero-order valence-corrected chi connectivity index (χ0v) is 13.4. The number of nitrogens with one attached hydrogen (secondary N) is 1. The lowest BCUT2D eigenvalue weighted by Crippen LogP contribution is -2.47. The number of nitrogens with zero attached hydrogens (tertiary/aromatic N) is 3. The van der Waals surface area contributed by atoms with Crippen LogP contribution in [0.4, 0.5) is 16.0 Å². The molecule has 5 nitrogen and oxygen atoms in total. The average Bonchev–Trinajstić information content (AvgIpc) is 3.05. The van der Waals surface area contributed by atoms with Gasteiger partial charge in [-0.25, -0.2) is 9.37 Å². The predicted molar refractivity (Wildman–Crippen MR) is 90.7 cm³/mol. The molecule has 0 spiro atoms. The van der Waals surface area contributed by atoms with Gasteiger partial charge in [-0.3, -0.25) is 9.78 Å². The number of hydrogen-bond acceptors (Lipinski definition) is 5. The van der Waals surface area contributed by atoms with Crippen LogP contribution in [-0.2, 0) is 11.5 Å². The highest BCUT2D eigenvalue weighted by molar-refractivity contribution is 7.98. The minimum absolute atomic E-state index is 0.00374. The van der Waals surface area contributed by atoms with E-state index in [2.05, 4.69) is 19.8 Å². The third-order valence-corrected chi connectivity index (χ3v) is 5.32. The predicted octanol–water partition coefficient (Wildman–Crippen LogP) is 1.98. The van der Waals surface area contributed by atoms with Gasteiger partial charge in [0.05, 0.1) is 5.69 Å². The van der Waals surface area contributed by atoms with Crippen molar-refractivity contribution in [1.29, 1.82) is 0 Å². The van der Waals surface area contributed by atoms with E-state index in [1.54, 1.807) is 23.9 Å². The number of piperazine rings is 1. The summed E-state index contributed by atoms with van der Waals surface area (Å²) in [7, 11) is 0. The smallest absolute Gasteiger partial charge is 0.256 e. The zero-order chi connectivity index (χ0) is 15.8. The SMILES string of the molecule is O=c1[nH]c(N2CCN(c3ccc(F)cc3)CC2)nc2c1CSC2. The molecule has 1 N–H and O–H groups in total. The molecule has 0 radical (unpaired) electrons. The fourth-order valence-electron chi connectivity index (χ4n) is 3.03. The Morgan fingerprint density at radius 1 is 1.04 bits per heavy atom. The number of aromatic nitrogens is 2. The molecule has 0 saturated carbocycles. The van der Waals surface area contributed by atoms with Crippen LogP contribution in [0.2, 0.25) is 0 Å². The van der Waals surface area contributed by atoms with Crippen LogP contribution in [0.3, 0.4) is 0 Å². The summed E-state index contributed by atoms with van der Waals surface area (Å²) >= 11 is 1.73. The van der Waals surface area contributed by atoms with E-state index in [1.165, 1.54) is 12.1 Å². The molecule has 1 saturated heterocycles. The molecule has 1 fully saturated rings. The number of aromatic amines is 1. The Hall–Kier alpha value is -2.02. The Kier molecular flexibility index (Phi) is 3.72. The van der Waals surface area contributed by atoms with Gasteiger partial charge in [-0.15, -0.1) is 0 Å². The van der Waals surface area contributed by atoms with E-state index in [9.17, 15) is 9.18 Å². The molecule has 23 heavy (non-hydrogen) atoms. The van der Waals surface area contributed by atoms with E-state index in [0.29, 0.717) is 5.95 Å². The number of rotatable bonds is 2. The molecular formula is C16H17FN4OS. The summed E-state index contributed by atoms with van der Waals surface area (Å²) in [6.45, 7) is 3.21. The number of thioether (sulfide) groups is 1. The van der Waals surface area contributed by atoms with Crippen molar-refractivity contribution in [3.63, 3.8) is 0 Å². The largest absolute Gasteiger partial charge is 0.368 e. The molecule has 2 aliphatic rings. The van der Waals surface area contributed by atoms with Gasteiger partial charge in [0.25, 0.3) is 5.56 Å². The second-order valence-electron chi connectivity index (χ2n) is 5.76. The molecule has 1 aromatic heterocycles.